The van der Waals surface area contributed by atoms with E-state index in [9.17, 15) is 5.11 Å². The third-order valence-electron chi connectivity index (χ3n) is 2.78. The number of thioether (sulfide) groups is 1. The maximum Gasteiger partial charge on any atom is 0.145 e. The molecule has 0 fully saturated rings. The van der Waals surface area contributed by atoms with Crippen molar-refractivity contribution in [1.82, 2.24) is 15.0 Å². The van der Waals surface area contributed by atoms with Crippen LogP contribution in [0.3, 0.4) is 0 Å². The van der Waals surface area contributed by atoms with Gasteiger partial charge >= 0.3 is 0 Å². The molecule has 4 nitrogen and oxygen atoms in total. The fourth-order valence-electron chi connectivity index (χ4n) is 1.78. The highest BCUT2D eigenvalue weighted by Gasteiger charge is 2.11. The number of hydrogen-bond acceptors (Lipinski definition) is 6. The number of aromatic hydroxyl groups is 1. The van der Waals surface area contributed by atoms with Gasteiger partial charge in [-0.15, -0.1) is 47.9 Å². The second kappa shape index (κ2) is 9.08. The van der Waals surface area contributed by atoms with E-state index < -0.39 is 0 Å². The Balaban J connectivity index is 0.00000132. The molecule has 23 heavy (non-hydrogen) atoms. The lowest BCUT2D eigenvalue weighted by Gasteiger charge is -2.04. The van der Waals surface area contributed by atoms with E-state index in [-0.39, 0.29) is 30.6 Å². The molecular weight excluding hydrogens is 373 g/mol. The van der Waals surface area contributed by atoms with E-state index in [1.807, 2.05) is 30.5 Å². The lowest BCUT2D eigenvalue weighted by Crippen LogP contribution is -1.87. The van der Waals surface area contributed by atoms with Crippen LogP contribution in [-0.2, 0) is 5.75 Å². The molecule has 3 heterocycles. The Morgan fingerprint density at radius 3 is 2.65 bits per heavy atom. The molecule has 8 heteroatoms. The number of aryl methyl sites for hydroxylation is 1. The molecule has 0 amide bonds. The highest BCUT2D eigenvalue weighted by Crippen LogP contribution is 2.33. The summed E-state index contributed by atoms with van der Waals surface area (Å²) in [5, 5.41) is 12.8. The fourth-order valence-corrected chi connectivity index (χ4v) is 3.39. The van der Waals surface area contributed by atoms with E-state index in [0.29, 0.717) is 5.69 Å². The van der Waals surface area contributed by atoms with Gasteiger partial charge in [-0.25, -0.2) is 9.97 Å². The monoisotopic (exact) mass is 387 g/mol. The van der Waals surface area contributed by atoms with Crippen molar-refractivity contribution >= 4 is 47.9 Å². The van der Waals surface area contributed by atoms with Gasteiger partial charge in [0.1, 0.15) is 16.5 Å². The van der Waals surface area contributed by atoms with E-state index in [4.69, 9.17) is 0 Å². The van der Waals surface area contributed by atoms with Gasteiger partial charge in [0, 0.05) is 34.1 Å². The van der Waals surface area contributed by atoms with Gasteiger partial charge in [0.2, 0.25) is 0 Å². The van der Waals surface area contributed by atoms with Crippen LogP contribution in [0.5, 0.6) is 5.75 Å². The number of nitrogens with zero attached hydrogens (tertiary/aromatic N) is 3. The topological polar surface area (TPSA) is 58.9 Å². The van der Waals surface area contributed by atoms with Crippen molar-refractivity contribution in [3.8, 4) is 16.5 Å². The molecule has 1 N–H and O–H groups in total. The average Bonchev–Trinajstić information content (AvgIpc) is 2.92. The minimum Gasteiger partial charge on any atom is -0.506 e. The zero-order valence-electron chi connectivity index (χ0n) is 12.2. The Morgan fingerprint density at radius 2 is 2.04 bits per heavy atom. The number of pyridine rings is 2. The summed E-state index contributed by atoms with van der Waals surface area (Å²) in [6, 6.07) is 7.57. The first-order valence-corrected chi connectivity index (χ1v) is 8.23. The first-order valence-electron chi connectivity index (χ1n) is 6.36. The van der Waals surface area contributed by atoms with Crippen LogP contribution in [0.25, 0.3) is 10.7 Å². The van der Waals surface area contributed by atoms with Crippen LogP contribution in [0.2, 0.25) is 0 Å². The average molecular weight is 388 g/mol. The van der Waals surface area contributed by atoms with Crippen molar-refractivity contribution < 1.29 is 5.11 Å². The number of hydrogen-bond donors (Lipinski definition) is 1. The summed E-state index contributed by atoms with van der Waals surface area (Å²) in [4.78, 5) is 13.9. The Hall–Kier alpha value is -1.34. The van der Waals surface area contributed by atoms with E-state index in [0.717, 1.165) is 27.0 Å². The Bertz CT molecular complexity index is 753. The summed E-state index contributed by atoms with van der Waals surface area (Å²) in [5.74, 6) is 0.910. The van der Waals surface area contributed by atoms with Gasteiger partial charge in [0.15, 0.2) is 0 Å². The summed E-state index contributed by atoms with van der Waals surface area (Å²) in [7, 11) is 0. The minimum absolute atomic E-state index is 0. The first kappa shape index (κ1) is 19.7. The van der Waals surface area contributed by atoms with Crippen LogP contribution in [-0.4, -0.2) is 20.1 Å². The van der Waals surface area contributed by atoms with Crippen LogP contribution in [0.1, 0.15) is 11.4 Å². The van der Waals surface area contributed by atoms with Crippen LogP contribution < -0.4 is 0 Å². The van der Waals surface area contributed by atoms with Crippen molar-refractivity contribution in [2.75, 3.05) is 0 Å². The first-order chi connectivity index (χ1) is 10.2. The third kappa shape index (κ3) is 5.07. The molecule has 3 aromatic rings. The van der Waals surface area contributed by atoms with Gasteiger partial charge in [-0.3, -0.25) is 4.98 Å². The lowest BCUT2D eigenvalue weighted by atomic mass is 10.3. The molecule has 0 aliphatic carbocycles. The maximum atomic E-state index is 10.1. The fraction of sp³-hybridized carbons (Fsp3) is 0.133. The summed E-state index contributed by atoms with van der Waals surface area (Å²) in [5.41, 5.74) is 2.47. The van der Waals surface area contributed by atoms with Crippen molar-refractivity contribution in [3.63, 3.8) is 0 Å². The zero-order chi connectivity index (χ0) is 14.7. The Morgan fingerprint density at radius 1 is 1.22 bits per heavy atom. The number of aromatic nitrogens is 3. The van der Waals surface area contributed by atoms with Crippen LogP contribution in [0.4, 0.5) is 0 Å². The summed E-state index contributed by atoms with van der Waals surface area (Å²) in [6.45, 7) is 1.92. The highest BCUT2D eigenvalue weighted by atomic mass is 35.5. The Kier molecular flexibility index (Phi) is 7.78. The summed E-state index contributed by atoms with van der Waals surface area (Å²) in [6.07, 6.45) is 3.54. The molecule has 3 aromatic heterocycles. The molecular formula is C15H15Cl2N3OS2. The van der Waals surface area contributed by atoms with Crippen LogP contribution in [0.15, 0.2) is 46.9 Å². The van der Waals surface area contributed by atoms with Crippen LogP contribution >= 0.6 is 47.9 Å². The van der Waals surface area contributed by atoms with Crippen LogP contribution in [0, 0.1) is 6.92 Å². The quantitative estimate of drug-likeness (QED) is 0.654. The predicted octanol–water partition coefficient (Wildman–Crippen LogP) is 4.75. The molecule has 3 rings (SSSR count). The molecule has 0 atom stereocenters. The molecule has 0 spiro atoms. The molecule has 0 aromatic carbocycles. The summed E-state index contributed by atoms with van der Waals surface area (Å²) >= 11 is 3.08. The van der Waals surface area contributed by atoms with Gasteiger partial charge in [0.05, 0.1) is 5.69 Å². The smallest absolute Gasteiger partial charge is 0.145 e. The summed E-state index contributed by atoms with van der Waals surface area (Å²) < 4.78 is 0. The largest absolute Gasteiger partial charge is 0.506 e. The number of thiazole rings is 1. The minimum atomic E-state index is 0. The van der Waals surface area contributed by atoms with Gasteiger partial charge in [-0.2, -0.15) is 0 Å². The maximum absolute atomic E-state index is 10.1. The molecule has 0 aliphatic rings. The zero-order valence-corrected chi connectivity index (χ0v) is 15.4. The lowest BCUT2D eigenvalue weighted by molar-refractivity contribution is 0.473. The molecule has 0 radical (unpaired) electrons. The van der Waals surface area contributed by atoms with Gasteiger partial charge in [-0.1, -0.05) is 6.07 Å². The SMILES string of the molecule is Cc1csc(-c2ncc(SCc3ccccn3)cc2O)n1.Cl.Cl. The second-order valence-corrected chi connectivity index (χ2v) is 6.35. The van der Waals surface area contributed by atoms with Crippen molar-refractivity contribution in [1.29, 1.82) is 0 Å². The molecule has 0 saturated carbocycles. The van der Waals surface area contributed by atoms with Gasteiger partial charge < -0.3 is 5.11 Å². The molecule has 122 valence electrons. The normalized spacial score (nSPS) is 9.78. The van der Waals surface area contributed by atoms with E-state index in [1.165, 1.54) is 11.3 Å². The molecule has 0 bridgehead atoms. The molecule has 0 saturated heterocycles. The highest BCUT2D eigenvalue weighted by molar-refractivity contribution is 7.98. The number of rotatable bonds is 4. The molecule has 0 unspecified atom stereocenters. The van der Waals surface area contributed by atoms with Crippen molar-refractivity contribution in [3.05, 3.63) is 53.4 Å². The van der Waals surface area contributed by atoms with Gasteiger partial charge in [-0.05, 0) is 25.1 Å². The van der Waals surface area contributed by atoms with E-state index in [2.05, 4.69) is 15.0 Å². The predicted molar refractivity (Wildman–Crippen MR) is 100 cm³/mol. The van der Waals surface area contributed by atoms with Crippen molar-refractivity contribution in [2.24, 2.45) is 0 Å². The second-order valence-electron chi connectivity index (χ2n) is 4.44. The van der Waals surface area contributed by atoms with Gasteiger partial charge in [0.25, 0.3) is 0 Å². The standard InChI is InChI=1S/C15H13N3OS2.2ClH/c1-10-8-21-15(18-10)14-13(19)6-12(7-17-14)20-9-11-4-2-3-5-16-11;;/h2-8,19H,9H2,1H3;2*1H. The van der Waals surface area contributed by atoms with E-state index >= 15 is 0 Å². The Labute approximate surface area is 155 Å². The molecule has 0 aliphatic heterocycles. The number of halogens is 2. The van der Waals surface area contributed by atoms with Crippen molar-refractivity contribution in [2.45, 2.75) is 17.6 Å². The third-order valence-corrected chi connectivity index (χ3v) is 4.74. The van der Waals surface area contributed by atoms with E-state index in [1.54, 1.807) is 30.2 Å².